The number of hydrogen-bond donors (Lipinski definition) is 2. The number of ether oxygens (including phenoxy) is 1. The van der Waals surface area contributed by atoms with Gasteiger partial charge < -0.3 is 15.4 Å². The fourth-order valence-electron chi connectivity index (χ4n) is 2.08. The summed E-state index contributed by atoms with van der Waals surface area (Å²) < 4.78 is 5.14. The van der Waals surface area contributed by atoms with Gasteiger partial charge in [-0.25, -0.2) is 0 Å². The van der Waals surface area contributed by atoms with Crippen LogP contribution in [-0.4, -0.2) is 24.5 Å². The molecule has 2 rings (SSSR count). The quantitative estimate of drug-likeness (QED) is 0.734. The number of aromatic nitrogens is 1. The summed E-state index contributed by atoms with van der Waals surface area (Å²) in [4.78, 5) is 16.1. The van der Waals surface area contributed by atoms with Crippen LogP contribution in [0.5, 0.6) is 5.75 Å². The van der Waals surface area contributed by atoms with Gasteiger partial charge in [-0.15, -0.1) is 0 Å². The molecule has 2 aromatic rings. The number of methoxy groups -OCH3 is 1. The monoisotopic (exact) mass is 313 g/mol. The Morgan fingerprint density at radius 3 is 2.70 bits per heavy atom. The van der Waals surface area contributed by atoms with Crippen LogP contribution in [0.4, 0.5) is 5.69 Å². The molecule has 5 nitrogen and oxygen atoms in total. The average molecular weight is 313 g/mol. The molecule has 0 unspecified atom stereocenters. The molecule has 1 aromatic carbocycles. The van der Waals surface area contributed by atoms with E-state index < -0.39 is 0 Å². The third-order valence-corrected chi connectivity index (χ3v) is 3.46. The van der Waals surface area contributed by atoms with Gasteiger partial charge in [-0.2, -0.15) is 0 Å². The molecule has 5 heteroatoms. The van der Waals surface area contributed by atoms with Gasteiger partial charge in [0.1, 0.15) is 11.4 Å². The molecule has 23 heavy (non-hydrogen) atoms. The maximum absolute atomic E-state index is 12.0. The number of hydrogen-bond acceptors (Lipinski definition) is 4. The minimum Gasteiger partial charge on any atom is -0.497 e. The van der Waals surface area contributed by atoms with Gasteiger partial charge in [0.15, 0.2) is 0 Å². The predicted molar refractivity (Wildman–Crippen MR) is 91.8 cm³/mol. The third-order valence-electron chi connectivity index (χ3n) is 3.46. The van der Waals surface area contributed by atoms with Gasteiger partial charge in [0.2, 0.25) is 0 Å². The highest BCUT2D eigenvalue weighted by molar-refractivity contribution is 5.93. The predicted octanol–water partition coefficient (Wildman–Crippen LogP) is 3.23. The molecule has 1 aromatic heterocycles. The molecule has 0 aliphatic carbocycles. The van der Waals surface area contributed by atoms with E-state index in [-0.39, 0.29) is 5.91 Å². The normalized spacial score (nSPS) is 10.2. The van der Waals surface area contributed by atoms with Gasteiger partial charge >= 0.3 is 0 Å². The van der Waals surface area contributed by atoms with Crippen molar-refractivity contribution in [2.75, 3.05) is 19.0 Å². The smallest absolute Gasteiger partial charge is 0.269 e. The van der Waals surface area contributed by atoms with Crippen molar-refractivity contribution in [3.63, 3.8) is 0 Å². The highest BCUT2D eigenvalue weighted by Gasteiger charge is 2.07. The van der Waals surface area contributed by atoms with E-state index in [1.165, 1.54) is 0 Å². The second kappa shape index (κ2) is 8.78. The molecule has 0 fully saturated rings. The Bertz CT molecular complexity index is 626. The highest BCUT2D eigenvalue weighted by atomic mass is 16.5. The number of rotatable bonds is 8. The first-order valence-corrected chi connectivity index (χ1v) is 7.84. The number of benzene rings is 1. The lowest BCUT2D eigenvalue weighted by Crippen LogP contribution is -2.25. The van der Waals surface area contributed by atoms with Crippen molar-refractivity contribution in [2.45, 2.75) is 26.3 Å². The van der Waals surface area contributed by atoms with E-state index in [1.807, 2.05) is 30.3 Å². The molecule has 0 saturated heterocycles. The maximum Gasteiger partial charge on any atom is 0.269 e. The molecule has 2 N–H and O–H groups in total. The molecule has 0 radical (unpaired) electrons. The Labute approximate surface area is 137 Å². The van der Waals surface area contributed by atoms with Gasteiger partial charge in [0, 0.05) is 25.0 Å². The molecule has 1 heterocycles. The second-order valence-corrected chi connectivity index (χ2v) is 5.24. The summed E-state index contributed by atoms with van der Waals surface area (Å²) >= 11 is 0. The Kier molecular flexibility index (Phi) is 6.41. The number of carbonyl (C=O) groups excluding carboxylic acids is 1. The summed E-state index contributed by atoms with van der Waals surface area (Å²) in [5.41, 5.74) is 2.44. The molecule has 1 amide bonds. The summed E-state index contributed by atoms with van der Waals surface area (Å²) in [6, 6.07) is 11.5. The lowest BCUT2D eigenvalue weighted by Gasteiger charge is -2.09. The van der Waals surface area contributed by atoms with Crippen LogP contribution in [0.15, 0.2) is 42.6 Å². The van der Waals surface area contributed by atoms with Crippen molar-refractivity contribution in [3.05, 3.63) is 53.9 Å². The van der Waals surface area contributed by atoms with E-state index in [4.69, 9.17) is 4.74 Å². The third kappa shape index (κ3) is 5.29. The number of nitrogens with one attached hydrogen (secondary N) is 2. The first-order chi connectivity index (χ1) is 11.2. The standard InChI is InChI=1S/C18H23N3O2/c1-3-4-10-20-18(22)17-12-15(9-11-19-17)21-13-14-5-7-16(23-2)8-6-14/h5-9,11-12H,3-4,10,13H2,1-2H3,(H,19,21)(H,20,22). The first kappa shape index (κ1) is 16.8. The number of amides is 1. The van der Waals surface area contributed by atoms with E-state index in [0.717, 1.165) is 29.8 Å². The summed E-state index contributed by atoms with van der Waals surface area (Å²) in [5.74, 6) is 0.704. The number of unbranched alkanes of at least 4 members (excludes halogenated alkanes) is 1. The van der Waals surface area contributed by atoms with Crippen LogP contribution in [0.2, 0.25) is 0 Å². The SMILES string of the molecule is CCCCNC(=O)c1cc(NCc2ccc(OC)cc2)ccn1. The summed E-state index contributed by atoms with van der Waals surface area (Å²) in [5, 5.41) is 6.17. The zero-order valence-electron chi connectivity index (χ0n) is 13.6. The highest BCUT2D eigenvalue weighted by Crippen LogP contribution is 2.14. The van der Waals surface area contributed by atoms with Crippen LogP contribution in [0.1, 0.15) is 35.8 Å². The topological polar surface area (TPSA) is 63.2 Å². The van der Waals surface area contributed by atoms with Crippen LogP contribution in [0.25, 0.3) is 0 Å². The van der Waals surface area contributed by atoms with E-state index >= 15 is 0 Å². The minimum atomic E-state index is -0.133. The van der Waals surface area contributed by atoms with E-state index in [0.29, 0.717) is 18.8 Å². The van der Waals surface area contributed by atoms with E-state index in [1.54, 1.807) is 19.4 Å². The summed E-state index contributed by atoms with van der Waals surface area (Å²) in [7, 11) is 1.65. The summed E-state index contributed by atoms with van der Waals surface area (Å²) in [6.45, 7) is 3.44. The Hall–Kier alpha value is -2.56. The number of nitrogens with zero attached hydrogens (tertiary/aromatic N) is 1. The molecule has 0 atom stereocenters. The minimum absolute atomic E-state index is 0.133. The molecule has 0 saturated carbocycles. The second-order valence-electron chi connectivity index (χ2n) is 5.24. The molecule has 122 valence electrons. The number of carbonyl (C=O) groups is 1. The molecule has 0 spiro atoms. The molecule has 0 aliphatic rings. The van der Waals surface area contributed by atoms with Gasteiger partial charge in [-0.1, -0.05) is 25.5 Å². The zero-order valence-corrected chi connectivity index (χ0v) is 13.6. The van der Waals surface area contributed by atoms with Crippen LogP contribution >= 0.6 is 0 Å². The molecule has 0 bridgehead atoms. The zero-order chi connectivity index (χ0) is 16.5. The molecule has 0 aliphatic heterocycles. The van der Waals surface area contributed by atoms with Crippen molar-refractivity contribution in [1.82, 2.24) is 10.3 Å². The van der Waals surface area contributed by atoms with Gasteiger partial charge in [-0.3, -0.25) is 9.78 Å². The van der Waals surface area contributed by atoms with E-state index in [9.17, 15) is 4.79 Å². The molecular weight excluding hydrogens is 290 g/mol. The van der Waals surface area contributed by atoms with Crippen LogP contribution in [0.3, 0.4) is 0 Å². The lowest BCUT2D eigenvalue weighted by atomic mass is 10.2. The fraction of sp³-hybridized carbons (Fsp3) is 0.333. The Balaban J connectivity index is 1.92. The summed E-state index contributed by atoms with van der Waals surface area (Å²) in [6.07, 6.45) is 3.67. The van der Waals surface area contributed by atoms with Gasteiger partial charge in [0.05, 0.1) is 7.11 Å². The van der Waals surface area contributed by atoms with Crippen molar-refractivity contribution in [3.8, 4) is 5.75 Å². The molecular formula is C18H23N3O2. The van der Waals surface area contributed by atoms with Crippen LogP contribution in [0, 0.1) is 0 Å². The Morgan fingerprint density at radius 2 is 2.00 bits per heavy atom. The number of anilines is 1. The van der Waals surface area contributed by atoms with Crippen molar-refractivity contribution in [1.29, 1.82) is 0 Å². The lowest BCUT2D eigenvalue weighted by molar-refractivity contribution is 0.0948. The van der Waals surface area contributed by atoms with Crippen LogP contribution in [-0.2, 0) is 6.54 Å². The first-order valence-electron chi connectivity index (χ1n) is 7.84. The van der Waals surface area contributed by atoms with Gasteiger partial charge in [-0.05, 0) is 36.2 Å². The Morgan fingerprint density at radius 1 is 1.22 bits per heavy atom. The maximum atomic E-state index is 12.0. The number of pyridine rings is 1. The van der Waals surface area contributed by atoms with Crippen molar-refractivity contribution < 1.29 is 9.53 Å². The fourth-order valence-corrected chi connectivity index (χ4v) is 2.08. The van der Waals surface area contributed by atoms with Crippen molar-refractivity contribution in [2.24, 2.45) is 0 Å². The van der Waals surface area contributed by atoms with Crippen molar-refractivity contribution >= 4 is 11.6 Å². The average Bonchev–Trinajstić information content (AvgIpc) is 2.61. The van der Waals surface area contributed by atoms with Gasteiger partial charge in [0.25, 0.3) is 5.91 Å². The van der Waals surface area contributed by atoms with E-state index in [2.05, 4.69) is 22.5 Å². The largest absolute Gasteiger partial charge is 0.497 e. The van der Waals surface area contributed by atoms with Crippen LogP contribution < -0.4 is 15.4 Å².